The molecule has 1 fully saturated rings. The zero-order valence-electron chi connectivity index (χ0n) is 14.7. The number of hydrogen-bond acceptors (Lipinski definition) is 7. The first-order chi connectivity index (χ1) is 12.4. The summed E-state index contributed by atoms with van der Waals surface area (Å²) in [7, 11) is 2.40. The van der Waals surface area contributed by atoms with Gasteiger partial charge < -0.3 is 19.5 Å². The molecule has 0 heterocycles. The summed E-state index contributed by atoms with van der Waals surface area (Å²) >= 11 is 0. The van der Waals surface area contributed by atoms with Crippen LogP contribution in [0.4, 0.5) is 5.69 Å². The molecular weight excluding hydrogens is 342 g/mol. The van der Waals surface area contributed by atoms with Crippen LogP contribution in [-0.2, 0) is 23.8 Å². The number of esters is 3. The van der Waals surface area contributed by atoms with Gasteiger partial charge in [-0.2, -0.15) is 0 Å². The highest BCUT2D eigenvalue weighted by atomic mass is 16.5. The molecule has 0 unspecified atom stereocenters. The van der Waals surface area contributed by atoms with Gasteiger partial charge in [0.05, 0.1) is 31.3 Å². The fraction of sp³-hybridized carbons (Fsp3) is 0.444. The number of methoxy groups -OCH3 is 2. The summed E-state index contributed by atoms with van der Waals surface area (Å²) in [5.41, 5.74) is 0.345. The Morgan fingerprint density at radius 1 is 0.962 bits per heavy atom. The van der Waals surface area contributed by atoms with Crippen LogP contribution in [0.15, 0.2) is 18.2 Å². The maximum atomic E-state index is 12.0. The summed E-state index contributed by atoms with van der Waals surface area (Å²) in [6.07, 6.45) is 3.54. The van der Waals surface area contributed by atoms with Crippen LogP contribution >= 0.6 is 0 Å². The average Bonchev–Trinajstić information content (AvgIpc) is 3.19. The van der Waals surface area contributed by atoms with E-state index in [0.717, 1.165) is 25.7 Å². The standard InChI is InChI=1S/C18H21NO7/c1-24-16(21)12-7-13(17(22)25-2)9-14(8-12)19-15(20)10-26-18(23)11-5-3-4-6-11/h7-9,11H,3-6,10H2,1-2H3,(H,19,20). The minimum atomic E-state index is -0.668. The molecule has 8 heteroatoms. The predicted molar refractivity (Wildman–Crippen MR) is 90.7 cm³/mol. The molecule has 0 bridgehead atoms. The van der Waals surface area contributed by atoms with E-state index in [1.54, 1.807) is 0 Å². The molecule has 1 aliphatic rings. The van der Waals surface area contributed by atoms with Gasteiger partial charge in [-0.15, -0.1) is 0 Å². The van der Waals surface area contributed by atoms with Gasteiger partial charge in [0.25, 0.3) is 5.91 Å². The molecule has 2 rings (SSSR count). The molecule has 26 heavy (non-hydrogen) atoms. The Morgan fingerprint density at radius 3 is 2.00 bits per heavy atom. The van der Waals surface area contributed by atoms with E-state index < -0.39 is 24.5 Å². The maximum Gasteiger partial charge on any atom is 0.337 e. The lowest BCUT2D eigenvalue weighted by Crippen LogP contribution is -2.24. The van der Waals surface area contributed by atoms with Crippen LogP contribution in [0.1, 0.15) is 46.4 Å². The predicted octanol–water partition coefficient (Wildman–Crippen LogP) is 1.93. The highest BCUT2D eigenvalue weighted by Crippen LogP contribution is 2.25. The van der Waals surface area contributed by atoms with E-state index in [4.69, 9.17) is 4.74 Å². The van der Waals surface area contributed by atoms with Gasteiger partial charge in [-0.25, -0.2) is 9.59 Å². The number of ether oxygens (including phenoxy) is 3. The van der Waals surface area contributed by atoms with Crippen LogP contribution in [0.25, 0.3) is 0 Å². The number of anilines is 1. The fourth-order valence-electron chi connectivity index (χ4n) is 2.78. The first-order valence-corrected chi connectivity index (χ1v) is 8.22. The van der Waals surface area contributed by atoms with Gasteiger partial charge in [-0.05, 0) is 31.0 Å². The third-order valence-corrected chi connectivity index (χ3v) is 4.09. The monoisotopic (exact) mass is 363 g/mol. The molecule has 0 radical (unpaired) electrons. The summed E-state index contributed by atoms with van der Waals surface area (Å²) < 4.78 is 14.3. The lowest BCUT2D eigenvalue weighted by molar-refractivity contribution is -0.151. The van der Waals surface area contributed by atoms with Gasteiger partial charge in [0.1, 0.15) is 0 Å². The van der Waals surface area contributed by atoms with Crippen LogP contribution in [0.3, 0.4) is 0 Å². The van der Waals surface area contributed by atoms with Crippen LogP contribution in [0.2, 0.25) is 0 Å². The molecule has 1 aliphatic carbocycles. The second-order valence-corrected chi connectivity index (χ2v) is 5.92. The van der Waals surface area contributed by atoms with Crippen LogP contribution < -0.4 is 5.32 Å². The Kier molecular flexibility index (Phi) is 6.71. The SMILES string of the molecule is COC(=O)c1cc(NC(=O)COC(=O)C2CCCC2)cc(C(=O)OC)c1. The Bertz CT molecular complexity index is 673. The van der Waals surface area contributed by atoms with Crippen molar-refractivity contribution in [2.75, 3.05) is 26.1 Å². The van der Waals surface area contributed by atoms with Gasteiger partial charge in [-0.1, -0.05) is 12.8 Å². The lowest BCUT2D eigenvalue weighted by Gasteiger charge is -2.11. The second-order valence-electron chi connectivity index (χ2n) is 5.92. The van der Waals surface area contributed by atoms with Crippen molar-refractivity contribution in [3.8, 4) is 0 Å². The van der Waals surface area contributed by atoms with Gasteiger partial charge in [0, 0.05) is 5.69 Å². The Hall–Kier alpha value is -2.90. The zero-order valence-corrected chi connectivity index (χ0v) is 14.7. The van der Waals surface area contributed by atoms with E-state index in [1.165, 1.54) is 32.4 Å². The number of hydrogen-bond donors (Lipinski definition) is 1. The Balaban J connectivity index is 2.04. The number of carbonyl (C=O) groups excluding carboxylic acids is 4. The largest absolute Gasteiger partial charge is 0.465 e. The fourth-order valence-corrected chi connectivity index (χ4v) is 2.78. The maximum absolute atomic E-state index is 12.0. The minimum absolute atomic E-state index is 0.0775. The Labute approximate surface area is 150 Å². The molecule has 1 amide bonds. The van der Waals surface area contributed by atoms with Crippen molar-refractivity contribution < 1.29 is 33.4 Å². The third-order valence-electron chi connectivity index (χ3n) is 4.09. The molecule has 1 aromatic carbocycles. The summed E-state index contributed by atoms with van der Waals surface area (Å²) in [6, 6.07) is 4.01. The topological polar surface area (TPSA) is 108 Å². The van der Waals surface area contributed by atoms with Crippen molar-refractivity contribution in [1.82, 2.24) is 0 Å². The first-order valence-electron chi connectivity index (χ1n) is 8.22. The van der Waals surface area contributed by atoms with Crippen molar-refractivity contribution in [3.05, 3.63) is 29.3 Å². The lowest BCUT2D eigenvalue weighted by atomic mass is 10.1. The summed E-state index contributed by atoms with van der Waals surface area (Å²) in [5, 5.41) is 2.49. The highest BCUT2D eigenvalue weighted by Gasteiger charge is 2.24. The summed E-state index contributed by atoms with van der Waals surface area (Å²) in [6.45, 7) is -0.439. The third kappa shape index (κ3) is 5.05. The van der Waals surface area contributed by atoms with Crippen LogP contribution in [0.5, 0.6) is 0 Å². The average molecular weight is 363 g/mol. The van der Waals surface area contributed by atoms with Crippen LogP contribution in [-0.4, -0.2) is 44.6 Å². The summed E-state index contributed by atoms with van der Waals surface area (Å²) in [5.74, 6) is -2.43. The normalized spacial score (nSPS) is 13.8. The van der Waals surface area contributed by atoms with Crippen molar-refractivity contribution in [3.63, 3.8) is 0 Å². The molecule has 0 aromatic heterocycles. The molecule has 0 spiro atoms. The van der Waals surface area contributed by atoms with Crippen molar-refractivity contribution in [1.29, 1.82) is 0 Å². The van der Waals surface area contributed by atoms with Gasteiger partial charge >= 0.3 is 17.9 Å². The molecule has 8 nitrogen and oxygen atoms in total. The molecule has 1 saturated carbocycles. The van der Waals surface area contributed by atoms with E-state index >= 15 is 0 Å². The molecule has 0 aliphatic heterocycles. The van der Waals surface area contributed by atoms with Crippen LogP contribution in [0, 0.1) is 5.92 Å². The smallest absolute Gasteiger partial charge is 0.337 e. The van der Waals surface area contributed by atoms with E-state index in [0.29, 0.717) is 0 Å². The van der Waals surface area contributed by atoms with Crippen molar-refractivity contribution in [2.45, 2.75) is 25.7 Å². The van der Waals surface area contributed by atoms with E-state index in [1.807, 2.05) is 0 Å². The van der Waals surface area contributed by atoms with E-state index in [-0.39, 0.29) is 28.7 Å². The van der Waals surface area contributed by atoms with Crippen molar-refractivity contribution >= 4 is 29.5 Å². The molecule has 140 valence electrons. The molecule has 0 saturated heterocycles. The van der Waals surface area contributed by atoms with Gasteiger partial charge in [0.15, 0.2) is 6.61 Å². The first kappa shape index (κ1) is 19.4. The molecular formula is C18H21NO7. The highest BCUT2D eigenvalue weighted by molar-refractivity contribution is 6.00. The van der Waals surface area contributed by atoms with Crippen molar-refractivity contribution in [2.24, 2.45) is 5.92 Å². The molecule has 1 N–H and O–H groups in total. The number of amides is 1. The number of nitrogens with one attached hydrogen (secondary N) is 1. The number of benzene rings is 1. The number of rotatable bonds is 6. The number of carbonyl (C=O) groups is 4. The molecule has 0 atom stereocenters. The second kappa shape index (κ2) is 8.98. The zero-order chi connectivity index (χ0) is 19.1. The van der Waals surface area contributed by atoms with Gasteiger partial charge in [-0.3, -0.25) is 9.59 Å². The Morgan fingerprint density at radius 2 is 1.50 bits per heavy atom. The van der Waals surface area contributed by atoms with E-state index in [2.05, 4.69) is 14.8 Å². The minimum Gasteiger partial charge on any atom is -0.465 e. The van der Waals surface area contributed by atoms with Gasteiger partial charge in [0.2, 0.25) is 0 Å². The summed E-state index contributed by atoms with van der Waals surface area (Å²) in [4.78, 5) is 47.3. The van der Waals surface area contributed by atoms with E-state index in [9.17, 15) is 19.2 Å². The quantitative estimate of drug-likeness (QED) is 0.608. The molecule has 1 aromatic rings.